The quantitative estimate of drug-likeness (QED) is 0.781. The van der Waals surface area contributed by atoms with E-state index < -0.39 is 0 Å². The molecular formula is C16H28N2OS. The topological polar surface area (TPSA) is 28.4 Å². The third-order valence-corrected chi connectivity index (χ3v) is 5.24. The molecule has 0 amide bonds. The van der Waals surface area contributed by atoms with Crippen LogP contribution >= 0.6 is 11.8 Å². The molecular weight excluding hydrogens is 268 g/mol. The highest BCUT2D eigenvalue weighted by molar-refractivity contribution is 8.00. The van der Waals surface area contributed by atoms with Gasteiger partial charge in [-0.1, -0.05) is 13.8 Å². The number of nitrogens with zero attached hydrogens (tertiary/aromatic N) is 1. The zero-order chi connectivity index (χ0) is 14.4. The summed E-state index contributed by atoms with van der Waals surface area (Å²) in [5, 5.41) is 4.21. The fourth-order valence-corrected chi connectivity index (χ4v) is 3.88. The molecule has 3 nitrogen and oxygen atoms in total. The number of furan rings is 1. The maximum absolute atomic E-state index is 5.86. The van der Waals surface area contributed by atoms with Crippen molar-refractivity contribution >= 4 is 11.8 Å². The van der Waals surface area contributed by atoms with Gasteiger partial charge in [-0.05, 0) is 32.4 Å². The molecule has 20 heavy (non-hydrogen) atoms. The number of nitrogens with one attached hydrogen (secondary N) is 1. The zero-order valence-electron chi connectivity index (χ0n) is 13.1. The smallest absolute Gasteiger partial charge is 0.118 e. The molecule has 0 aromatic carbocycles. The van der Waals surface area contributed by atoms with Crippen LogP contribution in [-0.4, -0.2) is 35.5 Å². The van der Waals surface area contributed by atoms with E-state index in [4.69, 9.17) is 4.42 Å². The summed E-state index contributed by atoms with van der Waals surface area (Å²) >= 11 is 2.13. The molecule has 2 rings (SSSR count). The first-order valence-corrected chi connectivity index (χ1v) is 8.90. The number of hydrogen-bond donors (Lipinski definition) is 1. The molecule has 1 saturated heterocycles. The van der Waals surface area contributed by atoms with Crippen molar-refractivity contribution in [2.45, 2.75) is 52.0 Å². The Morgan fingerprint density at radius 1 is 1.45 bits per heavy atom. The lowest BCUT2D eigenvalue weighted by Crippen LogP contribution is -2.37. The highest BCUT2D eigenvalue weighted by Gasteiger charge is 2.20. The van der Waals surface area contributed by atoms with Gasteiger partial charge >= 0.3 is 0 Å². The van der Waals surface area contributed by atoms with Crippen LogP contribution in [0, 0.1) is 6.92 Å². The van der Waals surface area contributed by atoms with Crippen LogP contribution in [0.3, 0.4) is 0 Å². The van der Waals surface area contributed by atoms with E-state index in [1.165, 1.54) is 30.8 Å². The Morgan fingerprint density at radius 2 is 2.30 bits per heavy atom. The van der Waals surface area contributed by atoms with Gasteiger partial charge in [0, 0.05) is 36.2 Å². The monoisotopic (exact) mass is 296 g/mol. The summed E-state index contributed by atoms with van der Waals surface area (Å²) in [5.74, 6) is 3.43. The lowest BCUT2D eigenvalue weighted by Gasteiger charge is -2.31. The molecule has 1 aromatic heterocycles. The van der Waals surface area contributed by atoms with Gasteiger partial charge in [-0.25, -0.2) is 0 Å². The molecule has 1 aliphatic rings. The molecule has 1 aromatic rings. The van der Waals surface area contributed by atoms with E-state index in [2.05, 4.69) is 48.8 Å². The van der Waals surface area contributed by atoms with E-state index >= 15 is 0 Å². The second-order valence-electron chi connectivity index (χ2n) is 5.61. The van der Waals surface area contributed by atoms with Crippen LogP contribution in [0.4, 0.5) is 0 Å². The largest absolute Gasteiger partial charge is 0.465 e. The van der Waals surface area contributed by atoms with Crippen molar-refractivity contribution in [2.24, 2.45) is 0 Å². The summed E-state index contributed by atoms with van der Waals surface area (Å²) in [7, 11) is 0. The van der Waals surface area contributed by atoms with Crippen LogP contribution in [0.15, 0.2) is 10.5 Å². The van der Waals surface area contributed by atoms with Gasteiger partial charge < -0.3 is 9.73 Å². The van der Waals surface area contributed by atoms with Gasteiger partial charge in [-0.2, -0.15) is 11.8 Å². The van der Waals surface area contributed by atoms with Crippen LogP contribution in [0.5, 0.6) is 0 Å². The standard InChI is InChI=1S/C16H28N2OS/c1-4-6-17-10-15-9-14(13(3)19-15)11-18-7-8-20-16(5-2)12-18/h9,16-17H,4-8,10-12H2,1-3H3. The summed E-state index contributed by atoms with van der Waals surface area (Å²) in [6, 6.07) is 2.24. The van der Waals surface area contributed by atoms with Gasteiger partial charge in [0.05, 0.1) is 6.54 Å². The van der Waals surface area contributed by atoms with Crippen LogP contribution in [0.1, 0.15) is 43.8 Å². The SMILES string of the molecule is CCCNCc1cc(CN2CCSC(CC)C2)c(C)o1. The van der Waals surface area contributed by atoms with E-state index in [0.717, 1.165) is 42.8 Å². The maximum atomic E-state index is 5.86. The summed E-state index contributed by atoms with van der Waals surface area (Å²) in [6.45, 7) is 11.9. The highest BCUT2D eigenvalue weighted by Crippen LogP contribution is 2.24. The number of thioether (sulfide) groups is 1. The van der Waals surface area contributed by atoms with Crippen molar-refractivity contribution in [2.75, 3.05) is 25.4 Å². The van der Waals surface area contributed by atoms with E-state index in [0.29, 0.717) is 0 Å². The van der Waals surface area contributed by atoms with Crippen molar-refractivity contribution in [1.29, 1.82) is 0 Å². The molecule has 114 valence electrons. The Morgan fingerprint density at radius 3 is 3.05 bits per heavy atom. The molecule has 0 spiro atoms. The fourth-order valence-electron chi connectivity index (χ4n) is 2.63. The van der Waals surface area contributed by atoms with Crippen LogP contribution in [0.2, 0.25) is 0 Å². The molecule has 0 saturated carbocycles. The minimum Gasteiger partial charge on any atom is -0.465 e. The van der Waals surface area contributed by atoms with Crippen LogP contribution < -0.4 is 5.32 Å². The number of rotatable bonds is 7. The Labute approximate surface area is 127 Å². The first kappa shape index (κ1) is 15.9. The van der Waals surface area contributed by atoms with Gasteiger partial charge in [-0.3, -0.25) is 4.90 Å². The Kier molecular flexibility index (Phi) is 6.46. The molecule has 2 heterocycles. The molecule has 1 unspecified atom stereocenters. The summed E-state index contributed by atoms with van der Waals surface area (Å²) in [4.78, 5) is 2.58. The molecule has 0 aliphatic carbocycles. The van der Waals surface area contributed by atoms with E-state index in [1.807, 2.05) is 0 Å². The van der Waals surface area contributed by atoms with Gasteiger partial charge in [0.15, 0.2) is 0 Å². The van der Waals surface area contributed by atoms with Gasteiger partial charge in [0.1, 0.15) is 11.5 Å². The second-order valence-corrected chi connectivity index (χ2v) is 7.02. The predicted octanol–water partition coefficient (Wildman–Crippen LogP) is 3.42. The third kappa shape index (κ3) is 4.54. The molecule has 1 fully saturated rings. The number of hydrogen-bond acceptors (Lipinski definition) is 4. The second kappa shape index (κ2) is 8.11. The molecule has 4 heteroatoms. The molecule has 1 atom stereocenters. The van der Waals surface area contributed by atoms with Crippen molar-refractivity contribution in [3.63, 3.8) is 0 Å². The summed E-state index contributed by atoms with van der Waals surface area (Å²) in [5.41, 5.74) is 1.36. The van der Waals surface area contributed by atoms with E-state index in [-0.39, 0.29) is 0 Å². The van der Waals surface area contributed by atoms with Crippen molar-refractivity contribution in [3.8, 4) is 0 Å². The molecule has 0 bridgehead atoms. The Balaban J connectivity index is 1.88. The Hall–Kier alpha value is -0.450. The van der Waals surface area contributed by atoms with Crippen molar-refractivity contribution in [1.82, 2.24) is 10.2 Å². The lowest BCUT2D eigenvalue weighted by atomic mass is 10.2. The predicted molar refractivity (Wildman–Crippen MR) is 87.3 cm³/mol. The van der Waals surface area contributed by atoms with Crippen LogP contribution in [-0.2, 0) is 13.1 Å². The average molecular weight is 296 g/mol. The average Bonchev–Trinajstić information content (AvgIpc) is 2.80. The molecule has 0 radical (unpaired) electrons. The Bertz CT molecular complexity index is 405. The zero-order valence-corrected chi connectivity index (χ0v) is 13.9. The van der Waals surface area contributed by atoms with Gasteiger partial charge in [0.25, 0.3) is 0 Å². The van der Waals surface area contributed by atoms with Crippen molar-refractivity contribution in [3.05, 3.63) is 23.2 Å². The minimum atomic E-state index is 0.807. The third-order valence-electron chi connectivity index (χ3n) is 3.87. The van der Waals surface area contributed by atoms with E-state index in [9.17, 15) is 0 Å². The van der Waals surface area contributed by atoms with E-state index in [1.54, 1.807) is 0 Å². The minimum absolute atomic E-state index is 0.807. The van der Waals surface area contributed by atoms with Gasteiger partial charge in [-0.15, -0.1) is 0 Å². The first-order chi connectivity index (χ1) is 9.72. The fraction of sp³-hybridized carbons (Fsp3) is 0.750. The van der Waals surface area contributed by atoms with Crippen LogP contribution in [0.25, 0.3) is 0 Å². The van der Waals surface area contributed by atoms with Crippen molar-refractivity contribution < 1.29 is 4.42 Å². The van der Waals surface area contributed by atoms with Gasteiger partial charge in [0.2, 0.25) is 0 Å². The molecule has 1 N–H and O–H groups in total. The summed E-state index contributed by atoms with van der Waals surface area (Å²) < 4.78 is 5.86. The normalized spacial score (nSPS) is 20.4. The first-order valence-electron chi connectivity index (χ1n) is 7.85. The highest BCUT2D eigenvalue weighted by atomic mass is 32.2. The summed E-state index contributed by atoms with van der Waals surface area (Å²) in [6.07, 6.45) is 2.44. The lowest BCUT2D eigenvalue weighted by molar-refractivity contribution is 0.271. The number of aryl methyl sites for hydroxylation is 1. The maximum Gasteiger partial charge on any atom is 0.118 e. The molecule has 1 aliphatic heterocycles.